The van der Waals surface area contributed by atoms with Crippen molar-refractivity contribution < 1.29 is 19.3 Å². The fourth-order valence-corrected chi connectivity index (χ4v) is 2.01. The lowest BCUT2D eigenvalue weighted by molar-refractivity contribution is -0.418. The first kappa shape index (κ1) is 25.2. The quantitative estimate of drug-likeness (QED) is 0.599. The van der Waals surface area contributed by atoms with Crippen molar-refractivity contribution in [2.45, 2.75) is 66.5 Å². The number of alkyl carbamates (subject to hydrolysis) is 1. The Bertz CT molecular complexity index is 431. The topological polar surface area (TPSA) is 75.9 Å². The maximum absolute atomic E-state index is 12.2. The Kier molecular flexibility index (Phi) is 13.4. The van der Waals surface area contributed by atoms with Gasteiger partial charge in [-0.05, 0) is 27.2 Å². The lowest BCUT2D eigenvalue weighted by Gasteiger charge is -2.22. The molecule has 146 valence electrons. The number of hydrogen-bond donors (Lipinski definition) is 2. The van der Waals surface area contributed by atoms with Gasteiger partial charge in [0.15, 0.2) is 0 Å². The highest BCUT2D eigenvalue weighted by Gasteiger charge is 2.32. The Hall–Kier alpha value is -2.05. The predicted octanol–water partition coefficient (Wildman–Crippen LogP) is 1.94. The number of nitrogens with one attached hydrogen (secondary N) is 2. The maximum Gasteiger partial charge on any atom is 0.415 e. The SMILES string of the molecule is C=CN(C=[NH+]C)C(=O)N1CCC(NC(=O)OC(C)(C)C)C1.CC.CC. The van der Waals surface area contributed by atoms with Crippen molar-refractivity contribution in [3.05, 3.63) is 12.8 Å². The van der Waals surface area contributed by atoms with E-state index in [0.717, 1.165) is 0 Å². The number of carbonyl (C=O) groups excluding carboxylic acids is 2. The van der Waals surface area contributed by atoms with Gasteiger partial charge in [-0.15, -0.1) is 0 Å². The minimum atomic E-state index is -0.528. The monoisotopic (exact) mass is 357 g/mol. The number of amides is 3. The number of ether oxygens (including phenoxy) is 1. The van der Waals surface area contributed by atoms with Crippen LogP contribution in [0.15, 0.2) is 12.8 Å². The van der Waals surface area contributed by atoms with Gasteiger partial charge in [0, 0.05) is 13.1 Å². The van der Waals surface area contributed by atoms with Gasteiger partial charge in [0.05, 0.1) is 19.3 Å². The van der Waals surface area contributed by atoms with Crippen LogP contribution in [0.3, 0.4) is 0 Å². The highest BCUT2D eigenvalue weighted by atomic mass is 16.6. The average molecular weight is 358 g/mol. The van der Waals surface area contributed by atoms with Gasteiger partial charge in [-0.1, -0.05) is 34.3 Å². The molecule has 1 unspecified atom stereocenters. The van der Waals surface area contributed by atoms with Crippen LogP contribution in [0.1, 0.15) is 54.9 Å². The summed E-state index contributed by atoms with van der Waals surface area (Å²) in [5.74, 6) is 0. The molecule has 1 saturated heterocycles. The summed E-state index contributed by atoms with van der Waals surface area (Å²) in [6.45, 7) is 18.1. The minimum absolute atomic E-state index is 0.0925. The first-order valence-corrected chi connectivity index (χ1v) is 8.96. The molecule has 1 aliphatic rings. The molecular formula is C18H37N4O3+. The molecule has 7 nitrogen and oxygen atoms in total. The first-order valence-electron chi connectivity index (χ1n) is 8.96. The normalized spacial score (nSPS) is 16.2. The van der Waals surface area contributed by atoms with Crippen molar-refractivity contribution >= 4 is 18.5 Å². The summed E-state index contributed by atoms with van der Waals surface area (Å²) < 4.78 is 5.21. The largest absolute Gasteiger partial charge is 0.444 e. The second-order valence-corrected chi connectivity index (χ2v) is 5.87. The van der Waals surface area contributed by atoms with Crippen LogP contribution in [0.5, 0.6) is 0 Å². The Morgan fingerprint density at radius 3 is 2.28 bits per heavy atom. The molecule has 1 heterocycles. The zero-order valence-corrected chi connectivity index (χ0v) is 17.2. The summed E-state index contributed by atoms with van der Waals surface area (Å²) in [5, 5.41) is 2.78. The fourth-order valence-electron chi connectivity index (χ4n) is 2.01. The molecule has 2 N–H and O–H groups in total. The number of urea groups is 1. The molecule has 1 fully saturated rings. The molecule has 0 saturated carbocycles. The Labute approximate surface area is 153 Å². The van der Waals surface area contributed by atoms with Crippen molar-refractivity contribution in [1.29, 1.82) is 0 Å². The van der Waals surface area contributed by atoms with Crippen LogP contribution < -0.4 is 10.3 Å². The molecule has 0 radical (unpaired) electrons. The number of rotatable bonds is 3. The van der Waals surface area contributed by atoms with Crippen molar-refractivity contribution in [2.75, 3.05) is 20.1 Å². The molecule has 25 heavy (non-hydrogen) atoms. The third-order valence-corrected chi connectivity index (χ3v) is 2.87. The molecule has 0 aromatic rings. The molecule has 1 aliphatic heterocycles. The zero-order valence-electron chi connectivity index (χ0n) is 17.2. The van der Waals surface area contributed by atoms with E-state index in [2.05, 4.69) is 16.9 Å². The van der Waals surface area contributed by atoms with Gasteiger partial charge in [-0.25, -0.2) is 9.59 Å². The summed E-state index contributed by atoms with van der Waals surface area (Å²) in [6.07, 6.45) is 3.22. The number of nitrogens with zero attached hydrogens (tertiary/aromatic N) is 2. The van der Waals surface area contributed by atoms with E-state index < -0.39 is 11.7 Å². The van der Waals surface area contributed by atoms with Gasteiger partial charge in [0.25, 0.3) is 0 Å². The fraction of sp³-hybridized carbons (Fsp3) is 0.722. The third-order valence-electron chi connectivity index (χ3n) is 2.87. The van der Waals surface area contributed by atoms with Gasteiger partial charge in [-0.2, -0.15) is 4.90 Å². The molecule has 0 aliphatic carbocycles. The molecule has 0 aromatic heterocycles. The maximum atomic E-state index is 12.2. The number of hydrogen-bond acceptors (Lipinski definition) is 3. The van der Waals surface area contributed by atoms with E-state index in [4.69, 9.17) is 4.74 Å². The highest BCUT2D eigenvalue weighted by Crippen LogP contribution is 2.13. The van der Waals surface area contributed by atoms with E-state index in [0.29, 0.717) is 19.5 Å². The standard InChI is InChI=1S/C14H24N4O3.2C2H6/c1-6-17(10-15-5)13(20)18-8-7-11(9-18)16-12(19)21-14(2,3)4;2*1-2/h6,10-11H,1,7-9H2,2-5H3,(H,16,19);2*1-2H3/p+1. The van der Waals surface area contributed by atoms with Crippen molar-refractivity contribution in [3.63, 3.8) is 0 Å². The second kappa shape index (κ2) is 13.3. The summed E-state index contributed by atoms with van der Waals surface area (Å²) in [6, 6.07) is -0.266. The molecule has 7 heteroatoms. The van der Waals surface area contributed by atoms with Crippen LogP contribution in [0, 0.1) is 0 Å². The van der Waals surface area contributed by atoms with Crippen molar-refractivity contribution in [1.82, 2.24) is 15.1 Å². The summed E-state index contributed by atoms with van der Waals surface area (Å²) >= 11 is 0. The molecule has 3 amide bonds. The Morgan fingerprint density at radius 2 is 1.84 bits per heavy atom. The van der Waals surface area contributed by atoms with Crippen LogP contribution in [-0.2, 0) is 4.74 Å². The minimum Gasteiger partial charge on any atom is -0.444 e. The number of likely N-dealkylation sites (tertiary alicyclic amines) is 1. The second-order valence-electron chi connectivity index (χ2n) is 5.87. The molecule has 1 rings (SSSR count). The zero-order chi connectivity index (χ0) is 20.0. The van der Waals surface area contributed by atoms with Gasteiger partial charge >= 0.3 is 12.1 Å². The smallest absolute Gasteiger partial charge is 0.415 e. The highest BCUT2D eigenvalue weighted by molar-refractivity contribution is 5.86. The van der Waals surface area contributed by atoms with Crippen LogP contribution in [0.25, 0.3) is 0 Å². The van der Waals surface area contributed by atoms with E-state index in [1.165, 1.54) is 17.4 Å². The van der Waals surface area contributed by atoms with Crippen LogP contribution in [-0.4, -0.2) is 60.0 Å². The van der Waals surface area contributed by atoms with E-state index in [1.54, 1.807) is 11.9 Å². The van der Waals surface area contributed by atoms with Gasteiger partial charge in [-0.3, -0.25) is 4.99 Å². The van der Waals surface area contributed by atoms with E-state index >= 15 is 0 Å². The van der Waals surface area contributed by atoms with E-state index in [1.807, 2.05) is 48.5 Å². The van der Waals surface area contributed by atoms with Gasteiger partial charge in [0.1, 0.15) is 5.60 Å². The van der Waals surface area contributed by atoms with Crippen LogP contribution >= 0.6 is 0 Å². The summed E-state index contributed by atoms with van der Waals surface area (Å²) in [4.78, 5) is 29.7. The third kappa shape index (κ3) is 10.4. The average Bonchev–Trinajstić information content (AvgIpc) is 3.02. The molecule has 1 atom stereocenters. The summed E-state index contributed by atoms with van der Waals surface area (Å²) in [7, 11) is 1.71. The summed E-state index contributed by atoms with van der Waals surface area (Å²) in [5.41, 5.74) is -0.528. The van der Waals surface area contributed by atoms with Crippen molar-refractivity contribution in [3.8, 4) is 0 Å². The molecular weight excluding hydrogens is 320 g/mol. The van der Waals surface area contributed by atoms with E-state index in [9.17, 15) is 9.59 Å². The van der Waals surface area contributed by atoms with Crippen molar-refractivity contribution in [2.24, 2.45) is 0 Å². The van der Waals surface area contributed by atoms with Crippen LogP contribution in [0.4, 0.5) is 9.59 Å². The number of carbonyl (C=O) groups is 2. The van der Waals surface area contributed by atoms with Gasteiger partial charge < -0.3 is 15.0 Å². The van der Waals surface area contributed by atoms with Gasteiger partial charge in [0.2, 0.25) is 6.34 Å². The Balaban J connectivity index is 0. The molecule has 0 bridgehead atoms. The Morgan fingerprint density at radius 1 is 1.28 bits per heavy atom. The molecule has 0 aromatic carbocycles. The molecule has 0 spiro atoms. The lowest BCUT2D eigenvalue weighted by atomic mass is 10.2. The van der Waals surface area contributed by atoms with E-state index in [-0.39, 0.29) is 12.1 Å². The first-order chi connectivity index (χ1) is 11.8. The predicted molar refractivity (Wildman–Crippen MR) is 102 cm³/mol. The lowest BCUT2D eigenvalue weighted by Crippen LogP contribution is -2.66. The van der Waals surface area contributed by atoms with Crippen LogP contribution in [0.2, 0.25) is 0 Å².